The average Bonchev–Trinajstić information content (AvgIpc) is 2.16. The Hall–Kier alpha value is -0.0900. The molecule has 0 aromatic heterocycles. The lowest BCUT2D eigenvalue weighted by Crippen LogP contribution is -2.37. The maximum Gasteiger partial charge on any atom is 0.230 e. The molecule has 0 aromatic rings. The fourth-order valence-electron chi connectivity index (χ4n) is 1.57. The van der Waals surface area contributed by atoms with E-state index < -0.39 is 0 Å². The standard InChI is InChI=1S/C9H17BrN2O/c1-12-4-2-8(3-5-12)7-11-9(13)6-10/h8H,2-7H2,1H3,(H,11,13). The predicted octanol–water partition coefficient (Wildman–Crippen LogP) is 0.839. The van der Waals surface area contributed by atoms with Gasteiger partial charge in [0.2, 0.25) is 5.91 Å². The van der Waals surface area contributed by atoms with E-state index in [0.29, 0.717) is 11.2 Å². The Balaban J connectivity index is 2.12. The highest BCUT2D eigenvalue weighted by Crippen LogP contribution is 2.14. The number of amides is 1. The zero-order valence-electron chi connectivity index (χ0n) is 8.05. The van der Waals surface area contributed by atoms with Crippen molar-refractivity contribution in [3.63, 3.8) is 0 Å². The number of carbonyl (C=O) groups is 1. The first kappa shape index (κ1) is 11.0. The van der Waals surface area contributed by atoms with Crippen molar-refractivity contribution >= 4 is 21.8 Å². The van der Waals surface area contributed by atoms with Crippen LogP contribution in [0.5, 0.6) is 0 Å². The predicted molar refractivity (Wildman–Crippen MR) is 57.0 cm³/mol. The minimum absolute atomic E-state index is 0.0962. The number of hydrogen-bond acceptors (Lipinski definition) is 2. The summed E-state index contributed by atoms with van der Waals surface area (Å²) in [6.45, 7) is 3.17. The van der Waals surface area contributed by atoms with Crippen molar-refractivity contribution in [3.8, 4) is 0 Å². The van der Waals surface area contributed by atoms with Crippen molar-refractivity contribution in [2.24, 2.45) is 5.92 Å². The van der Waals surface area contributed by atoms with Gasteiger partial charge in [-0.15, -0.1) is 0 Å². The van der Waals surface area contributed by atoms with Gasteiger partial charge in [0, 0.05) is 6.54 Å². The van der Waals surface area contributed by atoms with Crippen LogP contribution in [0.25, 0.3) is 0 Å². The first-order valence-corrected chi connectivity index (χ1v) is 5.85. The number of alkyl halides is 1. The zero-order valence-corrected chi connectivity index (χ0v) is 9.64. The molecule has 1 amide bonds. The SMILES string of the molecule is CN1CCC(CNC(=O)CBr)CC1. The lowest BCUT2D eigenvalue weighted by molar-refractivity contribution is -0.118. The summed E-state index contributed by atoms with van der Waals surface area (Å²) < 4.78 is 0. The molecule has 1 aliphatic heterocycles. The molecule has 1 aliphatic rings. The molecule has 0 unspecified atom stereocenters. The van der Waals surface area contributed by atoms with E-state index in [0.717, 1.165) is 19.6 Å². The molecule has 0 aromatic carbocycles. The van der Waals surface area contributed by atoms with Gasteiger partial charge in [0.25, 0.3) is 0 Å². The molecule has 1 N–H and O–H groups in total. The van der Waals surface area contributed by atoms with E-state index in [1.54, 1.807) is 0 Å². The van der Waals surface area contributed by atoms with E-state index in [4.69, 9.17) is 0 Å². The number of hydrogen-bond donors (Lipinski definition) is 1. The molecule has 3 nitrogen and oxygen atoms in total. The Morgan fingerprint density at radius 3 is 2.69 bits per heavy atom. The van der Waals surface area contributed by atoms with E-state index in [-0.39, 0.29) is 5.91 Å². The molecule has 0 radical (unpaired) electrons. The number of likely N-dealkylation sites (tertiary alicyclic amines) is 1. The first-order valence-electron chi connectivity index (χ1n) is 4.73. The van der Waals surface area contributed by atoms with Gasteiger partial charge in [-0.3, -0.25) is 4.79 Å². The van der Waals surface area contributed by atoms with Crippen molar-refractivity contribution in [3.05, 3.63) is 0 Å². The van der Waals surface area contributed by atoms with Crippen LogP contribution < -0.4 is 5.32 Å². The number of halogens is 1. The van der Waals surface area contributed by atoms with E-state index in [9.17, 15) is 4.79 Å². The molecule has 1 saturated heterocycles. The lowest BCUT2D eigenvalue weighted by atomic mass is 9.97. The topological polar surface area (TPSA) is 32.3 Å². The number of nitrogens with one attached hydrogen (secondary N) is 1. The third-order valence-electron chi connectivity index (χ3n) is 2.55. The Morgan fingerprint density at radius 2 is 2.15 bits per heavy atom. The molecule has 76 valence electrons. The van der Waals surface area contributed by atoms with E-state index in [1.807, 2.05) is 0 Å². The number of carbonyl (C=O) groups excluding carboxylic acids is 1. The lowest BCUT2D eigenvalue weighted by Gasteiger charge is -2.28. The normalized spacial score (nSPS) is 20.2. The number of nitrogens with zero attached hydrogens (tertiary/aromatic N) is 1. The molecule has 13 heavy (non-hydrogen) atoms. The summed E-state index contributed by atoms with van der Waals surface area (Å²) in [7, 11) is 2.15. The Bertz CT molecular complexity index is 167. The molecule has 0 bridgehead atoms. The van der Waals surface area contributed by atoms with Gasteiger partial charge < -0.3 is 10.2 Å². The van der Waals surface area contributed by atoms with Crippen molar-refractivity contribution in [1.29, 1.82) is 0 Å². The zero-order chi connectivity index (χ0) is 9.68. The summed E-state index contributed by atoms with van der Waals surface area (Å²) >= 11 is 3.13. The molecule has 0 spiro atoms. The second-order valence-electron chi connectivity index (χ2n) is 3.68. The highest BCUT2D eigenvalue weighted by molar-refractivity contribution is 9.09. The van der Waals surface area contributed by atoms with Gasteiger partial charge in [-0.2, -0.15) is 0 Å². The van der Waals surface area contributed by atoms with Crippen LogP contribution >= 0.6 is 15.9 Å². The number of rotatable bonds is 3. The first-order chi connectivity index (χ1) is 6.22. The average molecular weight is 249 g/mol. The van der Waals surface area contributed by atoms with Gasteiger partial charge in [0.05, 0.1) is 5.33 Å². The molecule has 0 aliphatic carbocycles. The van der Waals surface area contributed by atoms with Crippen LogP contribution in [0.2, 0.25) is 0 Å². The summed E-state index contributed by atoms with van der Waals surface area (Å²) in [6.07, 6.45) is 2.41. The summed E-state index contributed by atoms with van der Waals surface area (Å²) in [5.41, 5.74) is 0. The van der Waals surface area contributed by atoms with Crippen molar-refractivity contribution in [2.75, 3.05) is 32.0 Å². The molecular weight excluding hydrogens is 232 g/mol. The summed E-state index contributed by atoms with van der Waals surface area (Å²) in [6, 6.07) is 0. The Kier molecular flexibility index (Phi) is 4.73. The van der Waals surface area contributed by atoms with Crippen molar-refractivity contribution in [1.82, 2.24) is 10.2 Å². The molecule has 0 saturated carbocycles. The van der Waals surface area contributed by atoms with Crippen molar-refractivity contribution in [2.45, 2.75) is 12.8 Å². The summed E-state index contributed by atoms with van der Waals surface area (Å²) in [5, 5.41) is 3.33. The minimum Gasteiger partial charge on any atom is -0.355 e. The monoisotopic (exact) mass is 248 g/mol. The smallest absolute Gasteiger partial charge is 0.230 e. The third kappa shape index (κ3) is 4.09. The largest absolute Gasteiger partial charge is 0.355 e. The second-order valence-corrected chi connectivity index (χ2v) is 4.25. The maximum absolute atomic E-state index is 11.0. The van der Waals surface area contributed by atoms with Gasteiger partial charge >= 0.3 is 0 Å². The fourth-order valence-corrected chi connectivity index (χ4v) is 1.77. The van der Waals surface area contributed by atoms with Gasteiger partial charge in [-0.1, -0.05) is 15.9 Å². The van der Waals surface area contributed by atoms with Gasteiger partial charge in [0.15, 0.2) is 0 Å². The van der Waals surface area contributed by atoms with Crippen LogP contribution in [0.1, 0.15) is 12.8 Å². The van der Waals surface area contributed by atoms with Crippen LogP contribution in [0.4, 0.5) is 0 Å². The van der Waals surface area contributed by atoms with Crippen LogP contribution in [0.15, 0.2) is 0 Å². The van der Waals surface area contributed by atoms with Gasteiger partial charge in [-0.05, 0) is 38.9 Å². The molecule has 1 rings (SSSR count). The Labute approximate surface area is 88.0 Å². The van der Waals surface area contributed by atoms with E-state index in [1.165, 1.54) is 12.8 Å². The van der Waals surface area contributed by atoms with Crippen LogP contribution in [-0.4, -0.2) is 42.8 Å². The summed E-state index contributed by atoms with van der Waals surface area (Å²) in [5.74, 6) is 0.776. The van der Waals surface area contributed by atoms with Crippen LogP contribution in [-0.2, 0) is 4.79 Å². The Morgan fingerprint density at radius 1 is 1.54 bits per heavy atom. The molecule has 1 heterocycles. The molecule has 1 fully saturated rings. The maximum atomic E-state index is 11.0. The molecular formula is C9H17BrN2O. The third-order valence-corrected chi connectivity index (χ3v) is 3.06. The molecule has 4 heteroatoms. The van der Waals surface area contributed by atoms with Crippen LogP contribution in [0.3, 0.4) is 0 Å². The minimum atomic E-state index is 0.0962. The number of piperidine rings is 1. The van der Waals surface area contributed by atoms with Crippen LogP contribution in [0, 0.1) is 5.92 Å². The van der Waals surface area contributed by atoms with Crippen molar-refractivity contribution < 1.29 is 4.79 Å². The van der Waals surface area contributed by atoms with E-state index >= 15 is 0 Å². The summed E-state index contributed by atoms with van der Waals surface area (Å²) in [4.78, 5) is 13.3. The van der Waals surface area contributed by atoms with E-state index in [2.05, 4.69) is 33.2 Å². The molecule has 0 atom stereocenters. The second kappa shape index (κ2) is 5.60. The highest BCUT2D eigenvalue weighted by atomic mass is 79.9. The fraction of sp³-hybridized carbons (Fsp3) is 0.889. The van der Waals surface area contributed by atoms with Gasteiger partial charge in [0.1, 0.15) is 0 Å². The highest BCUT2D eigenvalue weighted by Gasteiger charge is 2.16. The van der Waals surface area contributed by atoms with Gasteiger partial charge in [-0.25, -0.2) is 0 Å². The quantitative estimate of drug-likeness (QED) is 0.752.